The number of benzene rings is 1. The highest BCUT2D eigenvalue weighted by Crippen LogP contribution is 2.38. The van der Waals surface area contributed by atoms with Crippen molar-refractivity contribution in [3.63, 3.8) is 0 Å². The maximum Gasteiger partial charge on any atom is 0.165 e. The summed E-state index contributed by atoms with van der Waals surface area (Å²) in [5.74, 6) is 1.68. The summed E-state index contributed by atoms with van der Waals surface area (Å²) < 4.78 is 19.9. The van der Waals surface area contributed by atoms with Crippen molar-refractivity contribution in [2.75, 3.05) is 6.61 Å². The summed E-state index contributed by atoms with van der Waals surface area (Å²) in [6.07, 6.45) is 16.7. The SMILES string of the molecule is CCCCCCCC1CCC(c2ccc(OCCCCC)c(F)c2)CC1. The van der Waals surface area contributed by atoms with E-state index in [0.717, 1.165) is 25.2 Å². The van der Waals surface area contributed by atoms with E-state index >= 15 is 0 Å². The molecular formula is C24H39FO. The first kappa shape index (κ1) is 21.3. The number of hydrogen-bond acceptors (Lipinski definition) is 1. The molecule has 0 bridgehead atoms. The zero-order valence-electron chi connectivity index (χ0n) is 17.1. The highest BCUT2D eigenvalue weighted by molar-refractivity contribution is 5.31. The second kappa shape index (κ2) is 12.4. The second-order valence-electron chi connectivity index (χ2n) is 8.17. The molecular weight excluding hydrogens is 323 g/mol. The molecule has 0 atom stereocenters. The molecule has 0 heterocycles. The molecule has 2 heteroatoms. The molecule has 2 rings (SSSR count). The predicted octanol–water partition coefficient (Wildman–Crippen LogP) is 8.03. The third kappa shape index (κ3) is 7.29. The van der Waals surface area contributed by atoms with Crippen molar-refractivity contribution in [3.05, 3.63) is 29.6 Å². The van der Waals surface area contributed by atoms with Gasteiger partial charge in [-0.15, -0.1) is 0 Å². The molecule has 0 aliphatic heterocycles. The second-order valence-corrected chi connectivity index (χ2v) is 8.17. The summed E-state index contributed by atoms with van der Waals surface area (Å²) in [4.78, 5) is 0. The Morgan fingerprint density at radius 2 is 1.58 bits per heavy atom. The molecule has 0 amide bonds. The highest BCUT2D eigenvalue weighted by atomic mass is 19.1. The molecule has 1 nitrogen and oxygen atoms in total. The van der Waals surface area contributed by atoms with Gasteiger partial charge in [-0.2, -0.15) is 0 Å². The zero-order valence-corrected chi connectivity index (χ0v) is 17.1. The van der Waals surface area contributed by atoms with Crippen molar-refractivity contribution in [3.8, 4) is 5.75 Å². The van der Waals surface area contributed by atoms with Gasteiger partial charge in [-0.3, -0.25) is 0 Å². The van der Waals surface area contributed by atoms with E-state index in [9.17, 15) is 4.39 Å². The average molecular weight is 363 g/mol. The van der Waals surface area contributed by atoms with Crippen molar-refractivity contribution < 1.29 is 9.13 Å². The van der Waals surface area contributed by atoms with Crippen molar-refractivity contribution in [2.45, 2.75) is 103 Å². The van der Waals surface area contributed by atoms with Crippen LogP contribution in [0.1, 0.15) is 109 Å². The van der Waals surface area contributed by atoms with Crippen LogP contribution in [-0.2, 0) is 0 Å². The van der Waals surface area contributed by atoms with E-state index in [1.165, 1.54) is 69.8 Å². The molecule has 1 aromatic rings. The van der Waals surface area contributed by atoms with Crippen LogP contribution in [0.4, 0.5) is 4.39 Å². The Labute approximate surface area is 160 Å². The van der Waals surface area contributed by atoms with Gasteiger partial charge in [0.1, 0.15) is 0 Å². The largest absolute Gasteiger partial charge is 0.491 e. The lowest BCUT2D eigenvalue weighted by atomic mass is 9.77. The number of ether oxygens (including phenoxy) is 1. The van der Waals surface area contributed by atoms with E-state index in [0.29, 0.717) is 18.3 Å². The molecule has 26 heavy (non-hydrogen) atoms. The summed E-state index contributed by atoms with van der Waals surface area (Å²) in [7, 11) is 0. The maximum atomic E-state index is 14.3. The Bertz CT molecular complexity index is 491. The lowest BCUT2D eigenvalue weighted by molar-refractivity contribution is 0.289. The Balaban J connectivity index is 1.72. The molecule has 0 N–H and O–H groups in total. The predicted molar refractivity (Wildman–Crippen MR) is 109 cm³/mol. The standard InChI is InChI=1S/C24H39FO/c1-3-5-7-8-9-11-20-12-14-21(15-13-20)22-16-17-24(23(25)19-22)26-18-10-6-4-2/h16-17,19-21H,3-15,18H2,1-2H3. The fourth-order valence-electron chi connectivity index (χ4n) is 4.24. The lowest BCUT2D eigenvalue weighted by Gasteiger charge is -2.29. The van der Waals surface area contributed by atoms with Gasteiger partial charge in [0.2, 0.25) is 0 Å². The van der Waals surface area contributed by atoms with E-state index in [4.69, 9.17) is 4.74 Å². The first-order valence-electron chi connectivity index (χ1n) is 11.2. The van der Waals surface area contributed by atoms with Gasteiger partial charge in [0.05, 0.1) is 6.61 Å². The van der Waals surface area contributed by atoms with Gasteiger partial charge < -0.3 is 4.74 Å². The Kier molecular flexibility index (Phi) is 10.1. The fraction of sp³-hybridized carbons (Fsp3) is 0.750. The first-order valence-corrected chi connectivity index (χ1v) is 11.2. The molecule has 0 aromatic heterocycles. The summed E-state index contributed by atoms with van der Waals surface area (Å²) in [5, 5.41) is 0. The van der Waals surface area contributed by atoms with Crippen molar-refractivity contribution >= 4 is 0 Å². The minimum atomic E-state index is -0.183. The summed E-state index contributed by atoms with van der Waals surface area (Å²) >= 11 is 0. The number of rotatable bonds is 12. The monoisotopic (exact) mass is 362 g/mol. The van der Waals surface area contributed by atoms with E-state index < -0.39 is 0 Å². The van der Waals surface area contributed by atoms with Crippen LogP contribution in [-0.4, -0.2) is 6.61 Å². The molecule has 1 fully saturated rings. The maximum absolute atomic E-state index is 14.3. The number of halogens is 1. The van der Waals surface area contributed by atoms with Gasteiger partial charge >= 0.3 is 0 Å². The minimum absolute atomic E-state index is 0.183. The van der Waals surface area contributed by atoms with Gasteiger partial charge in [0, 0.05) is 0 Å². The number of hydrogen-bond donors (Lipinski definition) is 0. The lowest BCUT2D eigenvalue weighted by Crippen LogP contribution is -2.13. The third-order valence-electron chi connectivity index (χ3n) is 6.00. The summed E-state index contributed by atoms with van der Waals surface area (Å²) in [5.41, 5.74) is 1.17. The molecule has 0 unspecified atom stereocenters. The van der Waals surface area contributed by atoms with Crippen molar-refractivity contribution in [1.29, 1.82) is 0 Å². The number of unbranched alkanes of at least 4 members (excludes halogenated alkanes) is 6. The van der Waals surface area contributed by atoms with Crippen LogP contribution in [0, 0.1) is 11.7 Å². The van der Waals surface area contributed by atoms with E-state index in [2.05, 4.69) is 19.9 Å². The molecule has 0 saturated heterocycles. The van der Waals surface area contributed by atoms with Crippen LogP contribution in [0.5, 0.6) is 5.75 Å². The van der Waals surface area contributed by atoms with Crippen LogP contribution in [0.2, 0.25) is 0 Å². The third-order valence-corrected chi connectivity index (χ3v) is 6.00. The van der Waals surface area contributed by atoms with Crippen molar-refractivity contribution in [1.82, 2.24) is 0 Å². The topological polar surface area (TPSA) is 9.23 Å². The molecule has 148 valence electrons. The zero-order chi connectivity index (χ0) is 18.6. The molecule has 1 aliphatic rings. The van der Waals surface area contributed by atoms with Gasteiger partial charge in [0.15, 0.2) is 11.6 Å². The van der Waals surface area contributed by atoms with Crippen LogP contribution < -0.4 is 4.74 Å². The highest BCUT2D eigenvalue weighted by Gasteiger charge is 2.22. The quantitative estimate of drug-likeness (QED) is 0.342. The Hall–Kier alpha value is -1.05. The molecule has 1 saturated carbocycles. The molecule has 0 spiro atoms. The Morgan fingerprint density at radius 3 is 2.27 bits per heavy atom. The van der Waals surface area contributed by atoms with E-state index in [1.807, 2.05) is 6.07 Å². The van der Waals surface area contributed by atoms with Gasteiger partial charge in [-0.25, -0.2) is 4.39 Å². The van der Waals surface area contributed by atoms with E-state index in [1.54, 1.807) is 6.07 Å². The van der Waals surface area contributed by atoms with Crippen LogP contribution >= 0.6 is 0 Å². The van der Waals surface area contributed by atoms with Crippen LogP contribution in [0.3, 0.4) is 0 Å². The average Bonchev–Trinajstić information content (AvgIpc) is 2.66. The fourth-order valence-corrected chi connectivity index (χ4v) is 4.24. The normalized spacial score (nSPS) is 20.3. The van der Waals surface area contributed by atoms with Crippen molar-refractivity contribution in [2.24, 2.45) is 5.92 Å². The molecule has 0 radical (unpaired) electrons. The van der Waals surface area contributed by atoms with Gasteiger partial charge in [0.25, 0.3) is 0 Å². The summed E-state index contributed by atoms with van der Waals surface area (Å²) in [6, 6.07) is 5.66. The smallest absolute Gasteiger partial charge is 0.165 e. The van der Waals surface area contributed by atoms with Crippen LogP contribution in [0.25, 0.3) is 0 Å². The van der Waals surface area contributed by atoms with Crippen LogP contribution in [0.15, 0.2) is 18.2 Å². The first-order chi connectivity index (χ1) is 12.7. The van der Waals surface area contributed by atoms with E-state index in [-0.39, 0.29) is 5.82 Å². The Morgan fingerprint density at radius 1 is 0.885 bits per heavy atom. The van der Waals surface area contributed by atoms with Gasteiger partial charge in [-0.05, 0) is 61.6 Å². The minimum Gasteiger partial charge on any atom is -0.491 e. The van der Waals surface area contributed by atoms with Gasteiger partial charge in [-0.1, -0.05) is 71.3 Å². The molecule has 1 aromatic carbocycles. The summed E-state index contributed by atoms with van der Waals surface area (Å²) in [6.45, 7) is 5.05. The molecule has 1 aliphatic carbocycles.